The van der Waals surface area contributed by atoms with Crippen LogP contribution in [0.15, 0.2) is 42.9 Å². The van der Waals surface area contributed by atoms with E-state index in [0.29, 0.717) is 0 Å². The number of halogens is 3. The number of nitrogens with two attached hydrogens (primary N) is 1. The van der Waals surface area contributed by atoms with Crippen LogP contribution < -0.4 is 5.73 Å². The smallest absolute Gasteiger partial charge is 0.234 e. The molecular weight excluding hydrogens is 491 g/mol. The van der Waals surface area contributed by atoms with E-state index in [1.54, 1.807) is 11.3 Å². The number of carbonyl (C=O) groups excluding carboxylic acids is 1. The first-order chi connectivity index (χ1) is 14.1. The molecule has 1 fully saturated rings. The summed E-state index contributed by atoms with van der Waals surface area (Å²) in [6.07, 6.45) is 7.76. The molecule has 1 aliphatic heterocycles. The quantitative estimate of drug-likeness (QED) is 0.410. The highest BCUT2D eigenvalue weighted by molar-refractivity contribution is 7.15. The van der Waals surface area contributed by atoms with Gasteiger partial charge in [0, 0.05) is 34.4 Å². The van der Waals surface area contributed by atoms with Gasteiger partial charge in [-0.3, -0.25) is 19.2 Å². The minimum Gasteiger partial charge on any atom is -0.368 e. The lowest BCUT2D eigenvalue weighted by Crippen LogP contribution is -2.39. The number of thiophene rings is 1. The van der Waals surface area contributed by atoms with E-state index in [9.17, 15) is 4.79 Å². The fourth-order valence-corrected chi connectivity index (χ4v) is 5.14. The van der Waals surface area contributed by atoms with Crippen LogP contribution in [0.3, 0.4) is 0 Å². The summed E-state index contributed by atoms with van der Waals surface area (Å²) in [4.78, 5) is 20.8. The number of rotatable bonds is 5. The minimum atomic E-state index is -0.219. The highest BCUT2D eigenvalue weighted by atomic mass is 35.5. The summed E-state index contributed by atoms with van der Waals surface area (Å²) in [6.45, 7) is 3.70. The summed E-state index contributed by atoms with van der Waals surface area (Å²) in [5, 5.41) is 7.13. The van der Waals surface area contributed by atoms with Gasteiger partial charge in [-0.1, -0.05) is 0 Å². The van der Waals surface area contributed by atoms with Crippen LogP contribution in [-0.2, 0) is 11.3 Å². The second kappa shape index (κ2) is 10.7. The number of nitrogens with one attached hydrogen (secondary N) is 1. The van der Waals surface area contributed by atoms with Gasteiger partial charge in [0.25, 0.3) is 0 Å². The highest BCUT2D eigenvalue weighted by Gasteiger charge is 2.29. The van der Waals surface area contributed by atoms with E-state index in [4.69, 9.17) is 5.73 Å². The van der Waals surface area contributed by atoms with Crippen molar-refractivity contribution in [2.45, 2.75) is 32.4 Å². The van der Waals surface area contributed by atoms with Crippen LogP contribution >= 0.6 is 48.6 Å². The number of aryl methyl sites for hydroxylation is 1. The summed E-state index contributed by atoms with van der Waals surface area (Å²) in [5.74, 6) is -0.219. The van der Waals surface area contributed by atoms with Gasteiger partial charge >= 0.3 is 0 Å². The molecule has 0 bridgehead atoms. The molecule has 0 unspecified atom stereocenters. The number of amides is 1. The standard InChI is InChI=1S/C21H22N6OS.3ClH/c1-13-16(9-24-25-13)14-4-7-20-23-10-18(27(20)11-14)19-6-5-15(29-19)12-26-8-2-3-17(26)21(22)28;;;/h4-7,9-11,17H,2-3,8,12H2,1H3,(H2,22,28)(H,24,25);3*1H/t17-;;;/m0.../s1. The Morgan fingerprint density at radius 1 is 1.22 bits per heavy atom. The van der Waals surface area contributed by atoms with E-state index in [1.165, 1.54) is 4.88 Å². The SMILES string of the molecule is Cc1[nH]ncc1-c1ccc2ncc(-c3ccc(CN4CCC[C@H]4C(N)=O)s3)n2c1.Cl.Cl.Cl. The second-order valence-electron chi connectivity index (χ2n) is 7.49. The molecule has 1 aliphatic rings. The molecule has 172 valence electrons. The van der Waals surface area contributed by atoms with E-state index >= 15 is 0 Å². The number of hydrogen-bond acceptors (Lipinski definition) is 5. The van der Waals surface area contributed by atoms with E-state index < -0.39 is 0 Å². The number of imidazole rings is 1. The van der Waals surface area contributed by atoms with Crippen molar-refractivity contribution in [3.8, 4) is 21.7 Å². The second-order valence-corrected chi connectivity index (χ2v) is 8.66. The van der Waals surface area contributed by atoms with Crippen molar-refractivity contribution in [1.29, 1.82) is 0 Å². The fraction of sp³-hybridized carbons (Fsp3) is 0.286. The zero-order valence-electron chi connectivity index (χ0n) is 17.4. The number of nitrogens with zero attached hydrogens (tertiary/aromatic N) is 4. The van der Waals surface area contributed by atoms with Crippen molar-refractivity contribution >= 4 is 60.1 Å². The number of carbonyl (C=O) groups is 1. The predicted molar refractivity (Wildman–Crippen MR) is 135 cm³/mol. The van der Waals surface area contributed by atoms with Gasteiger partial charge in [-0.15, -0.1) is 48.6 Å². The van der Waals surface area contributed by atoms with Gasteiger partial charge in [0.1, 0.15) is 5.65 Å². The molecule has 0 aliphatic carbocycles. The van der Waals surface area contributed by atoms with Crippen molar-refractivity contribution in [3.05, 3.63) is 53.4 Å². The van der Waals surface area contributed by atoms with Gasteiger partial charge in [-0.25, -0.2) is 4.98 Å². The molecule has 5 rings (SSSR count). The van der Waals surface area contributed by atoms with Crippen LogP contribution in [0.5, 0.6) is 0 Å². The molecule has 11 heteroatoms. The van der Waals surface area contributed by atoms with Crippen LogP contribution in [0, 0.1) is 6.92 Å². The van der Waals surface area contributed by atoms with Crippen LogP contribution in [0.4, 0.5) is 0 Å². The minimum absolute atomic E-state index is 0. The summed E-state index contributed by atoms with van der Waals surface area (Å²) in [6, 6.07) is 8.23. The van der Waals surface area contributed by atoms with Crippen molar-refractivity contribution in [2.24, 2.45) is 5.73 Å². The van der Waals surface area contributed by atoms with Crippen LogP contribution in [-0.4, -0.2) is 43.0 Å². The maximum Gasteiger partial charge on any atom is 0.234 e. The van der Waals surface area contributed by atoms with Crippen molar-refractivity contribution < 1.29 is 4.79 Å². The first-order valence-corrected chi connectivity index (χ1v) is 10.5. The number of fused-ring (bicyclic) bond motifs is 1. The third-order valence-corrected chi connectivity index (χ3v) is 6.70. The molecule has 0 radical (unpaired) electrons. The number of aromatic amines is 1. The van der Waals surface area contributed by atoms with Crippen LogP contribution in [0.2, 0.25) is 0 Å². The highest BCUT2D eigenvalue weighted by Crippen LogP contribution is 2.32. The molecule has 4 aromatic rings. The number of likely N-dealkylation sites (tertiary alicyclic amines) is 1. The van der Waals surface area contributed by atoms with Gasteiger partial charge in [-0.05, 0) is 50.6 Å². The Kier molecular flexibility index (Phi) is 8.73. The van der Waals surface area contributed by atoms with Crippen molar-refractivity contribution in [3.63, 3.8) is 0 Å². The first-order valence-electron chi connectivity index (χ1n) is 9.70. The van der Waals surface area contributed by atoms with Gasteiger partial charge in [0.2, 0.25) is 5.91 Å². The normalized spacial score (nSPS) is 15.7. The number of primary amides is 1. The van der Waals surface area contributed by atoms with Gasteiger partial charge in [0.05, 0.1) is 29.0 Å². The largest absolute Gasteiger partial charge is 0.368 e. The van der Waals surface area contributed by atoms with E-state index in [2.05, 4.69) is 48.9 Å². The number of aromatic nitrogens is 4. The molecule has 0 spiro atoms. The van der Waals surface area contributed by atoms with Crippen LogP contribution in [0.25, 0.3) is 27.3 Å². The summed E-state index contributed by atoms with van der Waals surface area (Å²) < 4.78 is 2.12. The van der Waals surface area contributed by atoms with Crippen molar-refractivity contribution in [2.75, 3.05) is 6.54 Å². The molecule has 1 atom stereocenters. The number of pyridine rings is 1. The topological polar surface area (TPSA) is 92.3 Å². The number of hydrogen-bond donors (Lipinski definition) is 2. The van der Waals surface area contributed by atoms with Crippen molar-refractivity contribution in [1.82, 2.24) is 24.5 Å². The molecule has 1 amide bonds. The lowest BCUT2D eigenvalue weighted by molar-refractivity contribution is -0.122. The predicted octanol–water partition coefficient (Wildman–Crippen LogP) is 4.48. The molecule has 5 heterocycles. The fourth-order valence-electron chi connectivity index (χ4n) is 4.10. The monoisotopic (exact) mass is 514 g/mol. The Morgan fingerprint density at radius 3 is 2.75 bits per heavy atom. The van der Waals surface area contributed by atoms with E-state index in [-0.39, 0.29) is 49.2 Å². The molecule has 1 saturated heterocycles. The molecule has 32 heavy (non-hydrogen) atoms. The van der Waals surface area contributed by atoms with Gasteiger partial charge in [-0.2, -0.15) is 5.10 Å². The maximum atomic E-state index is 11.7. The molecule has 4 aromatic heterocycles. The Balaban J connectivity index is 0.00000121. The molecule has 0 aromatic carbocycles. The summed E-state index contributed by atoms with van der Waals surface area (Å²) in [5.41, 5.74) is 10.8. The Morgan fingerprint density at radius 2 is 2.03 bits per heavy atom. The Bertz CT molecular complexity index is 1200. The third-order valence-electron chi connectivity index (χ3n) is 5.61. The number of H-pyrrole nitrogens is 1. The molecular formula is C21H25Cl3N6OS. The maximum absolute atomic E-state index is 11.7. The molecule has 3 N–H and O–H groups in total. The first kappa shape index (κ1) is 26.2. The molecule has 0 saturated carbocycles. The van der Waals surface area contributed by atoms with E-state index in [1.807, 2.05) is 25.4 Å². The zero-order chi connectivity index (χ0) is 20.0. The van der Waals surface area contributed by atoms with Gasteiger partial charge < -0.3 is 5.73 Å². The zero-order valence-corrected chi connectivity index (χ0v) is 20.6. The Hall–Kier alpha value is -2.10. The average Bonchev–Trinajstić information content (AvgIpc) is 3.47. The Labute approximate surface area is 208 Å². The molecule has 7 nitrogen and oxygen atoms in total. The third kappa shape index (κ3) is 4.79. The van der Waals surface area contributed by atoms with E-state index in [0.717, 1.165) is 59.0 Å². The summed E-state index contributed by atoms with van der Waals surface area (Å²) in [7, 11) is 0. The lowest BCUT2D eigenvalue weighted by atomic mass is 10.1. The van der Waals surface area contributed by atoms with Gasteiger partial charge in [0.15, 0.2) is 0 Å². The average molecular weight is 516 g/mol. The lowest BCUT2D eigenvalue weighted by Gasteiger charge is -2.20. The van der Waals surface area contributed by atoms with Crippen LogP contribution in [0.1, 0.15) is 23.4 Å². The summed E-state index contributed by atoms with van der Waals surface area (Å²) >= 11 is 1.74.